The third-order valence-electron chi connectivity index (χ3n) is 11.9. The molecule has 1 aliphatic rings. The fourth-order valence-corrected chi connectivity index (χ4v) is 9.11. The second-order valence-electron chi connectivity index (χ2n) is 15.7. The predicted octanol–water partition coefficient (Wildman–Crippen LogP) is 12.6. The minimum Gasteiger partial charge on any atom is -0.455 e. The number of hydrogen-bond acceptors (Lipinski definition) is 6. The summed E-state index contributed by atoms with van der Waals surface area (Å²) in [5.74, 6) is 2.13. The van der Waals surface area contributed by atoms with E-state index in [-0.39, 0.29) is 0 Å². The largest absolute Gasteiger partial charge is 0.455 e. The van der Waals surface area contributed by atoms with Crippen LogP contribution in [0.4, 0.5) is 0 Å². The summed E-state index contributed by atoms with van der Waals surface area (Å²) in [6.07, 6.45) is 0. The molecule has 11 aromatic rings. The topological polar surface area (TPSA) is 82.5 Å². The highest BCUT2D eigenvalue weighted by atomic mass is 16.3. The highest BCUT2D eigenvalue weighted by Crippen LogP contribution is 2.51. The SMILES string of the molecule is CC1(C)c2ccccc2-c2nc(-c3ccc4c5ccccc5n(-c5ccccc5)c4c3)nc(-c3nc(-c4ccccc4)nc(-c4cccc5c4oc4ccccc45)n3)c21. The maximum absolute atomic E-state index is 6.53. The summed E-state index contributed by atoms with van der Waals surface area (Å²) in [6.45, 7) is 4.48. The molecule has 4 heterocycles. The van der Waals surface area contributed by atoms with E-state index in [9.17, 15) is 0 Å². The van der Waals surface area contributed by atoms with Gasteiger partial charge in [0.05, 0.1) is 22.3 Å². The van der Waals surface area contributed by atoms with Crippen molar-refractivity contribution in [2.75, 3.05) is 0 Å². The molecule has 0 amide bonds. The van der Waals surface area contributed by atoms with Gasteiger partial charge in [0.1, 0.15) is 16.9 Å². The van der Waals surface area contributed by atoms with E-state index in [1.807, 2.05) is 60.7 Å². The van der Waals surface area contributed by atoms with Crippen molar-refractivity contribution in [3.8, 4) is 62.6 Å². The van der Waals surface area contributed by atoms with Gasteiger partial charge in [-0.2, -0.15) is 0 Å². The molecule has 7 aromatic carbocycles. The molecule has 7 heteroatoms. The third-order valence-corrected chi connectivity index (χ3v) is 11.9. The van der Waals surface area contributed by atoms with Crippen molar-refractivity contribution in [2.24, 2.45) is 0 Å². The van der Waals surface area contributed by atoms with Crippen molar-refractivity contribution in [3.63, 3.8) is 0 Å². The molecular formula is C52H34N6O. The molecular weight excluding hydrogens is 725 g/mol. The highest BCUT2D eigenvalue weighted by Gasteiger charge is 2.41. The fraction of sp³-hybridized carbons (Fsp3) is 0.0577. The van der Waals surface area contributed by atoms with Crippen LogP contribution in [0.3, 0.4) is 0 Å². The second-order valence-corrected chi connectivity index (χ2v) is 15.7. The van der Waals surface area contributed by atoms with E-state index in [1.54, 1.807) is 0 Å². The molecule has 0 spiro atoms. The molecule has 0 N–H and O–H groups in total. The summed E-state index contributed by atoms with van der Waals surface area (Å²) >= 11 is 0. The molecule has 0 fully saturated rings. The van der Waals surface area contributed by atoms with Crippen LogP contribution in [0.25, 0.3) is 106 Å². The summed E-state index contributed by atoms with van der Waals surface area (Å²) in [5.41, 5.74) is 11.8. The molecule has 0 radical (unpaired) electrons. The average Bonchev–Trinajstić information content (AvgIpc) is 3.92. The van der Waals surface area contributed by atoms with E-state index in [2.05, 4.69) is 128 Å². The van der Waals surface area contributed by atoms with Crippen LogP contribution < -0.4 is 0 Å². The molecule has 4 aromatic heterocycles. The number of benzene rings is 7. The Bertz CT molecular complexity index is 3480. The predicted molar refractivity (Wildman–Crippen MR) is 236 cm³/mol. The van der Waals surface area contributed by atoms with Crippen LogP contribution in [0, 0.1) is 0 Å². The first kappa shape index (κ1) is 33.4. The molecule has 7 nitrogen and oxygen atoms in total. The van der Waals surface area contributed by atoms with Crippen LogP contribution in [0.2, 0.25) is 0 Å². The van der Waals surface area contributed by atoms with Gasteiger partial charge in [-0.1, -0.05) is 147 Å². The minimum absolute atomic E-state index is 0.443. The van der Waals surface area contributed by atoms with E-state index < -0.39 is 5.41 Å². The zero-order valence-corrected chi connectivity index (χ0v) is 32.3. The van der Waals surface area contributed by atoms with Crippen LogP contribution in [-0.4, -0.2) is 29.5 Å². The monoisotopic (exact) mass is 758 g/mol. The number of fused-ring (bicyclic) bond motifs is 9. The molecule has 0 bridgehead atoms. The Morgan fingerprint density at radius 1 is 0.441 bits per heavy atom. The first-order valence-corrected chi connectivity index (χ1v) is 19.9. The van der Waals surface area contributed by atoms with Crippen LogP contribution in [-0.2, 0) is 5.41 Å². The molecule has 0 aliphatic heterocycles. The minimum atomic E-state index is -0.443. The Labute approximate surface area is 339 Å². The lowest BCUT2D eigenvalue weighted by atomic mass is 9.81. The van der Waals surface area contributed by atoms with Gasteiger partial charge in [-0.25, -0.2) is 24.9 Å². The van der Waals surface area contributed by atoms with Crippen molar-refractivity contribution >= 4 is 43.7 Å². The lowest BCUT2D eigenvalue weighted by Crippen LogP contribution is -2.18. The van der Waals surface area contributed by atoms with Gasteiger partial charge < -0.3 is 8.98 Å². The fourth-order valence-electron chi connectivity index (χ4n) is 9.11. The molecule has 278 valence electrons. The number of nitrogens with zero attached hydrogens (tertiary/aromatic N) is 6. The number of furan rings is 1. The Hall–Kier alpha value is -7.77. The Kier molecular flexibility index (Phi) is 7.14. The van der Waals surface area contributed by atoms with Crippen molar-refractivity contribution in [2.45, 2.75) is 19.3 Å². The highest BCUT2D eigenvalue weighted by molar-refractivity contribution is 6.11. The number of hydrogen-bond donors (Lipinski definition) is 0. The van der Waals surface area contributed by atoms with Gasteiger partial charge in [-0.15, -0.1) is 0 Å². The molecule has 1 aliphatic carbocycles. The first-order valence-electron chi connectivity index (χ1n) is 19.9. The van der Waals surface area contributed by atoms with Crippen molar-refractivity contribution < 1.29 is 4.42 Å². The van der Waals surface area contributed by atoms with Gasteiger partial charge in [-0.05, 0) is 42.0 Å². The number of para-hydroxylation sites is 4. The molecule has 59 heavy (non-hydrogen) atoms. The van der Waals surface area contributed by atoms with E-state index in [4.69, 9.17) is 29.3 Å². The third kappa shape index (κ3) is 5.04. The van der Waals surface area contributed by atoms with Crippen molar-refractivity contribution in [3.05, 3.63) is 181 Å². The zero-order valence-electron chi connectivity index (χ0n) is 32.3. The smallest absolute Gasteiger partial charge is 0.182 e. The van der Waals surface area contributed by atoms with Gasteiger partial charge in [0.15, 0.2) is 23.3 Å². The maximum Gasteiger partial charge on any atom is 0.182 e. The summed E-state index contributed by atoms with van der Waals surface area (Å²) < 4.78 is 8.85. The van der Waals surface area contributed by atoms with Gasteiger partial charge >= 0.3 is 0 Å². The van der Waals surface area contributed by atoms with Crippen LogP contribution in [0.1, 0.15) is 25.0 Å². The lowest BCUT2D eigenvalue weighted by molar-refractivity contribution is 0.656. The standard InChI is InChI=1S/C52H34N6O/c1-52(2)40-25-12-9-22-38(40)45-44(52)46(54-49(53-45)32-28-29-35-34-20-10-13-26-41(34)58(42(35)30-32)33-18-7-4-8-19-33)51-56-48(31-16-5-3-6-17-31)55-50(57-51)39-24-15-23-37-36-21-11-14-27-43(36)59-47(37)39/h3-30H,1-2H3. The zero-order chi connectivity index (χ0) is 39.2. The van der Waals surface area contributed by atoms with Gasteiger partial charge in [-0.3, -0.25) is 0 Å². The van der Waals surface area contributed by atoms with Gasteiger partial charge in [0, 0.05) is 54.9 Å². The second kappa shape index (κ2) is 12.6. The maximum atomic E-state index is 6.53. The number of aromatic nitrogens is 6. The molecule has 0 saturated heterocycles. The van der Waals surface area contributed by atoms with Crippen LogP contribution >= 0.6 is 0 Å². The molecule has 0 saturated carbocycles. The summed E-state index contributed by atoms with van der Waals surface area (Å²) in [7, 11) is 0. The van der Waals surface area contributed by atoms with E-state index in [1.165, 1.54) is 10.9 Å². The van der Waals surface area contributed by atoms with Crippen LogP contribution in [0.15, 0.2) is 174 Å². The van der Waals surface area contributed by atoms with Crippen LogP contribution in [0.5, 0.6) is 0 Å². The average molecular weight is 759 g/mol. The van der Waals surface area contributed by atoms with E-state index in [0.717, 1.165) is 77.6 Å². The summed E-state index contributed by atoms with van der Waals surface area (Å²) in [4.78, 5) is 26.6. The Morgan fingerprint density at radius 3 is 1.93 bits per heavy atom. The van der Waals surface area contributed by atoms with E-state index in [0.29, 0.717) is 29.0 Å². The molecule has 0 unspecified atom stereocenters. The number of rotatable bonds is 5. The van der Waals surface area contributed by atoms with E-state index >= 15 is 0 Å². The Balaban J connectivity index is 1.14. The first-order chi connectivity index (χ1) is 29.0. The van der Waals surface area contributed by atoms with Gasteiger partial charge in [0.2, 0.25) is 0 Å². The molecule has 0 atom stereocenters. The summed E-state index contributed by atoms with van der Waals surface area (Å²) in [5, 5.41) is 4.40. The normalized spacial score (nSPS) is 13.1. The molecule has 12 rings (SSSR count). The quantitative estimate of drug-likeness (QED) is 0.174. The van der Waals surface area contributed by atoms with Crippen molar-refractivity contribution in [1.29, 1.82) is 0 Å². The Morgan fingerprint density at radius 2 is 1.07 bits per heavy atom. The van der Waals surface area contributed by atoms with Crippen molar-refractivity contribution in [1.82, 2.24) is 29.5 Å². The van der Waals surface area contributed by atoms with Gasteiger partial charge in [0.25, 0.3) is 0 Å². The lowest BCUT2D eigenvalue weighted by Gasteiger charge is -2.23. The summed E-state index contributed by atoms with van der Waals surface area (Å²) in [6, 6.07) is 58.5.